The zero-order chi connectivity index (χ0) is 13.9. The van der Waals surface area contributed by atoms with E-state index in [2.05, 4.69) is 53.5 Å². The van der Waals surface area contributed by atoms with E-state index in [4.69, 9.17) is 0 Å². The minimum Gasteiger partial charge on any atom is -0.313 e. The Balaban J connectivity index is 1.75. The number of hydrogen-bond donors (Lipinski definition) is 1. The third-order valence-corrected chi connectivity index (χ3v) is 5.03. The van der Waals surface area contributed by atoms with Crippen LogP contribution in [-0.2, 0) is 6.54 Å². The normalized spacial score (nSPS) is 27.6. The minimum atomic E-state index is 0.565. The van der Waals surface area contributed by atoms with Gasteiger partial charge in [0.1, 0.15) is 0 Å². The van der Waals surface area contributed by atoms with Gasteiger partial charge in [0.15, 0.2) is 0 Å². The van der Waals surface area contributed by atoms with Crippen LogP contribution in [-0.4, -0.2) is 49.6 Å². The molecule has 2 atom stereocenters. The predicted molar refractivity (Wildman–Crippen MR) is 83.8 cm³/mol. The van der Waals surface area contributed by atoms with E-state index in [-0.39, 0.29) is 0 Å². The van der Waals surface area contributed by atoms with Gasteiger partial charge in [0.2, 0.25) is 0 Å². The summed E-state index contributed by atoms with van der Waals surface area (Å²) >= 11 is 0. The van der Waals surface area contributed by atoms with Crippen LogP contribution in [0.3, 0.4) is 0 Å². The molecule has 1 aromatic rings. The summed E-state index contributed by atoms with van der Waals surface area (Å²) in [5, 5.41) is 3.55. The lowest BCUT2D eigenvalue weighted by atomic mass is 9.97. The van der Waals surface area contributed by atoms with Crippen molar-refractivity contribution in [3.05, 3.63) is 35.4 Å². The van der Waals surface area contributed by atoms with E-state index >= 15 is 0 Å². The van der Waals surface area contributed by atoms with Crippen molar-refractivity contribution in [2.75, 3.05) is 33.7 Å². The first kappa shape index (κ1) is 14.1. The lowest BCUT2D eigenvalue weighted by Gasteiger charge is -2.32. The third-order valence-electron chi connectivity index (χ3n) is 5.03. The molecule has 3 rings (SSSR count). The van der Waals surface area contributed by atoms with Crippen LogP contribution >= 0.6 is 0 Å². The van der Waals surface area contributed by atoms with Crippen molar-refractivity contribution in [1.29, 1.82) is 0 Å². The maximum absolute atomic E-state index is 3.55. The van der Waals surface area contributed by atoms with E-state index < -0.39 is 0 Å². The second-order valence-corrected chi connectivity index (χ2v) is 6.40. The highest BCUT2D eigenvalue weighted by Gasteiger charge is 2.27. The zero-order valence-electron chi connectivity index (χ0n) is 12.8. The molecule has 2 aliphatic heterocycles. The Morgan fingerprint density at radius 3 is 2.95 bits per heavy atom. The van der Waals surface area contributed by atoms with Crippen LogP contribution < -0.4 is 5.32 Å². The minimum absolute atomic E-state index is 0.565. The molecule has 2 aliphatic rings. The van der Waals surface area contributed by atoms with Crippen molar-refractivity contribution in [3.63, 3.8) is 0 Å². The fraction of sp³-hybridized carbons (Fsp3) is 0.647. The molecule has 0 amide bonds. The van der Waals surface area contributed by atoms with Crippen LogP contribution in [0.4, 0.5) is 0 Å². The molecule has 0 aromatic heterocycles. The summed E-state index contributed by atoms with van der Waals surface area (Å²) in [6.07, 6.45) is 3.93. The van der Waals surface area contributed by atoms with Crippen LogP contribution in [0.25, 0.3) is 0 Å². The molecule has 0 spiro atoms. The number of nitrogens with zero attached hydrogens (tertiary/aromatic N) is 2. The predicted octanol–water partition coefficient (Wildman–Crippen LogP) is 2.25. The van der Waals surface area contributed by atoms with Gasteiger partial charge in [-0.15, -0.1) is 0 Å². The highest BCUT2D eigenvalue weighted by molar-refractivity contribution is 5.31. The Kier molecular flexibility index (Phi) is 4.39. The van der Waals surface area contributed by atoms with Crippen LogP contribution in [0.2, 0.25) is 0 Å². The summed E-state index contributed by atoms with van der Waals surface area (Å²) in [4.78, 5) is 5.11. The van der Waals surface area contributed by atoms with Crippen molar-refractivity contribution >= 4 is 0 Å². The van der Waals surface area contributed by atoms with Gasteiger partial charge in [0.25, 0.3) is 0 Å². The summed E-state index contributed by atoms with van der Waals surface area (Å²) in [7, 11) is 4.58. The number of hydrogen-bond acceptors (Lipinski definition) is 3. The fourth-order valence-corrected chi connectivity index (χ4v) is 3.77. The number of rotatable bonds is 3. The van der Waals surface area contributed by atoms with E-state index in [1.54, 1.807) is 0 Å². The third kappa shape index (κ3) is 2.90. The highest BCUT2D eigenvalue weighted by atomic mass is 15.2. The quantitative estimate of drug-likeness (QED) is 0.911. The van der Waals surface area contributed by atoms with Crippen molar-refractivity contribution < 1.29 is 0 Å². The number of fused-ring (bicyclic) bond motifs is 1. The first-order valence-electron chi connectivity index (χ1n) is 7.94. The van der Waals surface area contributed by atoms with Crippen molar-refractivity contribution in [3.8, 4) is 0 Å². The Bertz CT molecular complexity index is 446. The molecule has 0 aliphatic carbocycles. The Labute approximate surface area is 123 Å². The molecular formula is C17H27N3. The monoisotopic (exact) mass is 273 g/mol. The maximum Gasteiger partial charge on any atom is 0.0361 e. The molecule has 3 nitrogen and oxygen atoms in total. The second kappa shape index (κ2) is 6.25. The summed E-state index contributed by atoms with van der Waals surface area (Å²) in [5.41, 5.74) is 3.00. The van der Waals surface area contributed by atoms with Gasteiger partial charge in [-0.25, -0.2) is 0 Å². The molecule has 3 heteroatoms. The summed E-state index contributed by atoms with van der Waals surface area (Å²) in [5.74, 6) is 0. The molecule has 20 heavy (non-hydrogen) atoms. The molecule has 0 saturated carbocycles. The summed E-state index contributed by atoms with van der Waals surface area (Å²) in [6.45, 7) is 4.59. The molecule has 1 N–H and O–H groups in total. The van der Waals surface area contributed by atoms with E-state index in [1.165, 1.54) is 43.5 Å². The van der Waals surface area contributed by atoms with E-state index in [1.807, 2.05) is 0 Å². The average Bonchev–Trinajstić information content (AvgIpc) is 2.75. The molecule has 1 aromatic carbocycles. The SMILES string of the molecule is CN1CCCC1CN(C)C1CCNCc2ccccc21. The van der Waals surface area contributed by atoms with Crippen molar-refractivity contribution in [2.45, 2.75) is 37.9 Å². The number of benzene rings is 1. The molecule has 1 saturated heterocycles. The Morgan fingerprint density at radius 2 is 2.15 bits per heavy atom. The topological polar surface area (TPSA) is 18.5 Å². The number of nitrogens with one attached hydrogen (secondary N) is 1. The second-order valence-electron chi connectivity index (χ2n) is 6.40. The largest absolute Gasteiger partial charge is 0.313 e. The molecule has 1 fully saturated rings. The fourth-order valence-electron chi connectivity index (χ4n) is 3.77. The number of likely N-dealkylation sites (N-methyl/N-ethyl adjacent to an activating group) is 2. The Morgan fingerprint density at radius 1 is 1.30 bits per heavy atom. The maximum atomic E-state index is 3.55. The lowest BCUT2D eigenvalue weighted by molar-refractivity contribution is 0.171. The molecule has 110 valence electrons. The van der Waals surface area contributed by atoms with Crippen LogP contribution in [0.5, 0.6) is 0 Å². The van der Waals surface area contributed by atoms with Crippen molar-refractivity contribution in [2.24, 2.45) is 0 Å². The van der Waals surface area contributed by atoms with Gasteiger partial charge < -0.3 is 10.2 Å². The van der Waals surface area contributed by atoms with Crippen LogP contribution in [0.1, 0.15) is 36.4 Å². The molecule has 2 heterocycles. The molecule has 0 radical (unpaired) electrons. The van der Waals surface area contributed by atoms with Gasteiger partial charge in [0.05, 0.1) is 0 Å². The highest BCUT2D eigenvalue weighted by Crippen LogP contribution is 2.29. The van der Waals surface area contributed by atoms with Gasteiger partial charge in [-0.05, 0) is 57.6 Å². The van der Waals surface area contributed by atoms with E-state index in [0.717, 1.165) is 19.1 Å². The number of likely N-dealkylation sites (tertiary alicyclic amines) is 1. The summed E-state index contributed by atoms with van der Waals surface area (Å²) in [6, 6.07) is 10.2. The van der Waals surface area contributed by atoms with Gasteiger partial charge in [-0.3, -0.25) is 4.90 Å². The van der Waals surface area contributed by atoms with Gasteiger partial charge in [0, 0.05) is 25.2 Å². The summed E-state index contributed by atoms with van der Waals surface area (Å²) < 4.78 is 0. The Hall–Kier alpha value is -0.900. The standard InChI is InChI=1S/C17H27N3/c1-19-11-5-7-15(19)13-20(2)17-9-10-18-12-14-6-3-4-8-16(14)17/h3-4,6,8,15,17-18H,5,7,9-13H2,1-2H3. The van der Waals surface area contributed by atoms with Crippen LogP contribution in [0, 0.1) is 0 Å². The average molecular weight is 273 g/mol. The van der Waals surface area contributed by atoms with Gasteiger partial charge in [-0.1, -0.05) is 24.3 Å². The van der Waals surface area contributed by atoms with E-state index in [0.29, 0.717) is 6.04 Å². The van der Waals surface area contributed by atoms with Crippen molar-refractivity contribution in [1.82, 2.24) is 15.1 Å². The van der Waals surface area contributed by atoms with E-state index in [9.17, 15) is 0 Å². The van der Waals surface area contributed by atoms with Gasteiger partial charge >= 0.3 is 0 Å². The molecular weight excluding hydrogens is 246 g/mol. The first-order valence-corrected chi connectivity index (χ1v) is 7.94. The molecule has 2 unspecified atom stereocenters. The molecule has 0 bridgehead atoms. The lowest BCUT2D eigenvalue weighted by Crippen LogP contribution is -2.38. The smallest absolute Gasteiger partial charge is 0.0361 e. The zero-order valence-corrected chi connectivity index (χ0v) is 12.8. The van der Waals surface area contributed by atoms with Gasteiger partial charge in [-0.2, -0.15) is 0 Å². The first-order chi connectivity index (χ1) is 9.75. The van der Waals surface area contributed by atoms with Crippen LogP contribution in [0.15, 0.2) is 24.3 Å².